The minimum absolute atomic E-state index is 0.0409. The van der Waals surface area contributed by atoms with Crippen LogP contribution >= 0.6 is 0 Å². The number of rotatable bonds is 4. The van der Waals surface area contributed by atoms with Gasteiger partial charge >= 0.3 is 0 Å². The van der Waals surface area contributed by atoms with E-state index in [-0.39, 0.29) is 12.3 Å². The molecule has 22 heavy (non-hydrogen) atoms. The largest absolute Gasteiger partial charge is 0.480 e. The van der Waals surface area contributed by atoms with E-state index in [1.807, 2.05) is 0 Å². The van der Waals surface area contributed by atoms with Gasteiger partial charge in [-0.05, 0) is 36.9 Å². The number of para-hydroxylation sites is 1. The van der Waals surface area contributed by atoms with Crippen molar-refractivity contribution in [3.63, 3.8) is 0 Å². The lowest BCUT2D eigenvalue weighted by atomic mass is 9.97. The molecule has 2 atom stereocenters. The van der Waals surface area contributed by atoms with E-state index in [2.05, 4.69) is 5.32 Å². The fourth-order valence-corrected chi connectivity index (χ4v) is 2.98. The molecule has 1 aliphatic rings. The molecule has 0 saturated carbocycles. The third-order valence-electron chi connectivity index (χ3n) is 3.94. The lowest BCUT2D eigenvalue weighted by Gasteiger charge is -2.30. The molecule has 2 aromatic carbocycles. The van der Waals surface area contributed by atoms with Crippen LogP contribution in [-0.2, 0) is 6.42 Å². The number of ether oxygens (including phenoxy) is 1. The van der Waals surface area contributed by atoms with Gasteiger partial charge in [0.25, 0.3) is 0 Å². The second kappa shape index (κ2) is 5.66. The quantitative estimate of drug-likeness (QED) is 0.912. The highest BCUT2D eigenvalue weighted by molar-refractivity contribution is 5.40. The second-order valence-electron chi connectivity index (χ2n) is 5.58. The van der Waals surface area contributed by atoms with Crippen molar-refractivity contribution in [2.24, 2.45) is 0 Å². The number of hydrogen-bond donors (Lipinski definition) is 2. The molecule has 0 aromatic heterocycles. The molecule has 2 unspecified atom stereocenters. The first-order chi connectivity index (χ1) is 10.5. The average Bonchev–Trinajstić information content (AvgIpc) is 2.74. The molecule has 2 aromatic rings. The average molecular weight is 305 g/mol. The summed E-state index contributed by atoms with van der Waals surface area (Å²) in [6.07, 6.45) is -0.509. The van der Waals surface area contributed by atoms with Gasteiger partial charge in [-0.1, -0.05) is 18.2 Å². The van der Waals surface area contributed by atoms with Crippen LogP contribution in [0.5, 0.6) is 5.75 Å². The normalized spacial score (nSPS) is 23.4. The summed E-state index contributed by atoms with van der Waals surface area (Å²) in [6, 6.07) is 10.3. The number of fused-ring (bicyclic) bond motifs is 1. The lowest BCUT2D eigenvalue weighted by molar-refractivity contribution is -0.0497. The van der Waals surface area contributed by atoms with Crippen LogP contribution in [0.25, 0.3) is 0 Å². The van der Waals surface area contributed by atoms with Crippen molar-refractivity contribution in [1.82, 2.24) is 5.32 Å². The van der Waals surface area contributed by atoms with Crippen molar-refractivity contribution in [1.29, 1.82) is 0 Å². The Hall–Kier alpha value is -1.98. The Morgan fingerprint density at radius 3 is 2.77 bits per heavy atom. The van der Waals surface area contributed by atoms with Crippen LogP contribution in [-0.4, -0.2) is 24.3 Å². The van der Waals surface area contributed by atoms with Crippen LogP contribution in [0.2, 0.25) is 0 Å². The third-order valence-corrected chi connectivity index (χ3v) is 3.94. The Balaban J connectivity index is 2.01. The molecule has 0 heterocycles. The number of likely N-dealkylation sites (N-methyl/N-ethyl adjacent to an activating group) is 1. The summed E-state index contributed by atoms with van der Waals surface area (Å²) in [5, 5.41) is 13.8. The first-order valence-electron chi connectivity index (χ1n) is 7.10. The Morgan fingerprint density at radius 1 is 1.27 bits per heavy atom. The Bertz CT molecular complexity index is 692. The standard InChI is InChI=1S/C17H17F2NO2/c1-20-10-17(21)9-11-6-7-12(18)8-13(11)16(17)22-15-5-3-2-4-14(15)19/h2-8,16,20-21H,9-10H2,1H3. The zero-order chi connectivity index (χ0) is 15.7. The molecule has 0 spiro atoms. The smallest absolute Gasteiger partial charge is 0.165 e. The number of halogens is 2. The molecule has 2 N–H and O–H groups in total. The van der Waals surface area contributed by atoms with Crippen LogP contribution in [0.3, 0.4) is 0 Å². The number of benzene rings is 2. The van der Waals surface area contributed by atoms with Gasteiger partial charge in [-0.3, -0.25) is 0 Å². The topological polar surface area (TPSA) is 41.5 Å². The predicted octanol–water partition coefficient (Wildman–Crippen LogP) is 2.59. The van der Waals surface area contributed by atoms with Gasteiger partial charge in [0, 0.05) is 18.5 Å². The summed E-state index contributed by atoms with van der Waals surface area (Å²) in [5.41, 5.74) is 0.106. The minimum Gasteiger partial charge on any atom is -0.480 e. The molecule has 3 nitrogen and oxygen atoms in total. The molecule has 0 bridgehead atoms. The lowest BCUT2D eigenvalue weighted by Crippen LogP contribution is -2.45. The van der Waals surface area contributed by atoms with Crippen LogP contribution < -0.4 is 10.1 Å². The van der Waals surface area contributed by atoms with Gasteiger partial charge in [-0.15, -0.1) is 0 Å². The van der Waals surface area contributed by atoms with E-state index in [1.165, 1.54) is 24.3 Å². The highest BCUT2D eigenvalue weighted by atomic mass is 19.1. The maximum absolute atomic E-state index is 13.8. The van der Waals surface area contributed by atoms with E-state index in [4.69, 9.17) is 4.74 Å². The van der Waals surface area contributed by atoms with E-state index >= 15 is 0 Å². The molecule has 0 fully saturated rings. The zero-order valence-corrected chi connectivity index (χ0v) is 12.1. The van der Waals surface area contributed by atoms with Gasteiger partial charge < -0.3 is 15.2 Å². The van der Waals surface area contributed by atoms with E-state index < -0.39 is 23.3 Å². The molecule has 5 heteroatoms. The van der Waals surface area contributed by atoms with Gasteiger partial charge in [-0.25, -0.2) is 8.78 Å². The number of hydrogen-bond acceptors (Lipinski definition) is 3. The summed E-state index contributed by atoms with van der Waals surface area (Å²) >= 11 is 0. The maximum atomic E-state index is 13.8. The Kier molecular flexibility index (Phi) is 3.85. The van der Waals surface area contributed by atoms with E-state index in [0.717, 1.165) is 5.56 Å². The summed E-state index contributed by atoms with van der Waals surface area (Å²) in [6.45, 7) is 0.252. The molecule has 0 amide bonds. The molecule has 1 aliphatic carbocycles. The van der Waals surface area contributed by atoms with Gasteiger partial charge in [0.2, 0.25) is 0 Å². The van der Waals surface area contributed by atoms with Crippen LogP contribution in [0.15, 0.2) is 42.5 Å². The monoisotopic (exact) mass is 305 g/mol. The Morgan fingerprint density at radius 2 is 2.05 bits per heavy atom. The van der Waals surface area contributed by atoms with Crippen molar-refractivity contribution < 1.29 is 18.6 Å². The SMILES string of the molecule is CNCC1(O)Cc2ccc(F)cc2C1Oc1ccccc1F. The first-order valence-corrected chi connectivity index (χ1v) is 7.10. The van der Waals surface area contributed by atoms with Crippen LogP contribution in [0.4, 0.5) is 8.78 Å². The van der Waals surface area contributed by atoms with Gasteiger partial charge in [-0.2, -0.15) is 0 Å². The minimum atomic E-state index is -1.26. The van der Waals surface area contributed by atoms with Crippen molar-refractivity contribution in [3.05, 3.63) is 65.2 Å². The maximum Gasteiger partial charge on any atom is 0.165 e. The molecular weight excluding hydrogens is 288 g/mol. The van der Waals surface area contributed by atoms with Crippen molar-refractivity contribution in [2.75, 3.05) is 13.6 Å². The van der Waals surface area contributed by atoms with Gasteiger partial charge in [0.05, 0.1) is 0 Å². The summed E-state index contributed by atoms with van der Waals surface area (Å²) in [4.78, 5) is 0. The molecule has 116 valence electrons. The third kappa shape index (κ3) is 2.58. The van der Waals surface area contributed by atoms with Crippen molar-refractivity contribution >= 4 is 0 Å². The molecular formula is C17H17F2NO2. The zero-order valence-electron chi connectivity index (χ0n) is 12.1. The van der Waals surface area contributed by atoms with E-state index in [9.17, 15) is 13.9 Å². The summed E-state index contributed by atoms with van der Waals surface area (Å²) in [5.74, 6) is -0.882. The van der Waals surface area contributed by atoms with Gasteiger partial charge in [0.15, 0.2) is 17.7 Å². The van der Waals surface area contributed by atoms with Crippen molar-refractivity contribution in [2.45, 2.75) is 18.1 Å². The van der Waals surface area contributed by atoms with Crippen molar-refractivity contribution in [3.8, 4) is 5.75 Å². The van der Waals surface area contributed by atoms with E-state index in [0.29, 0.717) is 12.0 Å². The fourth-order valence-electron chi connectivity index (χ4n) is 2.98. The van der Waals surface area contributed by atoms with E-state index in [1.54, 1.807) is 25.2 Å². The molecule has 0 saturated heterocycles. The molecule has 3 rings (SSSR count). The van der Waals surface area contributed by atoms with Crippen LogP contribution in [0.1, 0.15) is 17.2 Å². The highest BCUT2D eigenvalue weighted by Crippen LogP contribution is 2.42. The second-order valence-corrected chi connectivity index (χ2v) is 5.58. The fraction of sp³-hybridized carbons (Fsp3) is 0.294. The molecule has 0 aliphatic heterocycles. The highest BCUT2D eigenvalue weighted by Gasteiger charge is 2.46. The first kappa shape index (κ1) is 14.9. The van der Waals surface area contributed by atoms with Crippen LogP contribution in [0, 0.1) is 11.6 Å². The Labute approximate surface area is 127 Å². The van der Waals surface area contributed by atoms with Gasteiger partial charge in [0.1, 0.15) is 11.4 Å². The predicted molar refractivity (Wildman–Crippen MR) is 78.7 cm³/mol. The summed E-state index contributed by atoms with van der Waals surface area (Å²) in [7, 11) is 1.71. The number of aliphatic hydroxyl groups is 1. The molecule has 0 radical (unpaired) electrons. The number of nitrogens with one attached hydrogen (secondary N) is 1. The summed E-state index contributed by atoms with van der Waals surface area (Å²) < 4.78 is 33.1.